The fourth-order valence-corrected chi connectivity index (χ4v) is 4.35. The molecule has 0 radical (unpaired) electrons. The van der Waals surface area contributed by atoms with E-state index < -0.39 is 23.9 Å². The third kappa shape index (κ3) is 5.72. The van der Waals surface area contributed by atoms with Crippen LogP contribution in [0, 0.1) is 5.82 Å². The lowest BCUT2D eigenvalue weighted by molar-refractivity contribution is -0.112. The van der Waals surface area contributed by atoms with Crippen molar-refractivity contribution in [3.8, 4) is 0 Å². The molecule has 2 heterocycles. The minimum absolute atomic E-state index is 0.00648. The largest absolute Gasteiger partial charge is 0.513 e. The Hall–Kier alpha value is -2.91. The van der Waals surface area contributed by atoms with Crippen LogP contribution in [0.3, 0.4) is 0 Å². The van der Waals surface area contributed by atoms with E-state index in [0.29, 0.717) is 16.2 Å². The molecule has 2 aromatic rings. The lowest BCUT2D eigenvalue weighted by atomic mass is 10.0. The van der Waals surface area contributed by atoms with Crippen LogP contribution in [-0.2, 0) is 14.3 Å². The average Bonchev–Trinajstić information content (AvgIpc) is 3.38. The first kappa shape index (κ1) is 24.7. The number of amides is 3. The van der Waals surface area contributed by atoms with Crippen molar-refractivity contribution in [2.45, 2.75) is 45.4 Å². The van der Waals surface area contributed by atoms with Crippen LogP contribution in [0.5, 0.6) is 0 Å². The summed E-state index contributed by atoms with van der Waals surface area (Å²) >= 11 is 7.04. The molecular weight excluding hydrogens is 471 g/mol. The van der Waals surface area contributed by atoms with Gasteiger partial charge in [-0.15, -0.1) is 11.3 Å². The molecule has 3 amide bonds. The standard InChI is InChI=1S/C23H24ClFN2O5S/c1-2-3-4-5-6-7-10-31-23(30)32-20(18-9-8-11-33-18)19-14-12-16(25)15(24)13-17(14)27(21(19)28)22(26)29/h8-9,11-13H,2-7,10H2,1H3,(H2,26,29)/b20-19+. The second-order valence-electron chi connectivity index (χ2n) is 7.41. The first-order valence-electron chi connectivity index (χ1n) is 10.6. The highest BCUT2D eigenvalue weighted by Gasteiger charge is 2.40. The Labute approximate surface area is 199 Å². The van der Waals surface area contributed by atoms with Crippen LogP contribution < -0.4 is 10.6 Å². The zero-order valence-electron chi connectivity index (χ0n) is 18.1. The molecule has 0 bridgehead atoms. The molecule has 0 saturated heterocycles. The maximum atomic E-state index is 14.3. The number of anilines is 1. The van der Waals surface area contributed by atoms with E-state index in [0.717, 1.165) is 37.8 Å². The van der Waals surface area contributed by atoms with E-state index in [-0.39, 0.29) is 34.2 Å². The van der Waals surface area contributed by atoms with E-state index in [2.05, 4.69) is 6.92 Å². The Morgan fingerprint density at radius 3 is 2.58 bits per heavy atom. The molecule has 0 saturated carbocycles. The molecule has 176 valence electrons. The lowest BCUT2D eigenvalue weighted by Crippen LogP contribution is -2.38. The first-order valence-corrected chi connectivity index (χ1v) is 11.9. The molecule has 7 nitrogen and oxygen atoms in total. The summed E-state index contributed by atoms with van der Waals surface area (Å²) in [5, 5.41) is 1.43. The third-order valence-electron chi connectivity index (χ3n) is 5.06. The Morgan fingerprint density at radius 2 is 1.91 bits per heavy atom. The topological polar surface area (TPSA) is 98.9 Å². The molecule has 0 unspecified atom stereocenters. The summed E-state index contributed by atoms with van der Waals surface area (Å²) in [5.74, 6) is -1.80. The molecule has 0 atom stereocenters. The van der Waals surface area contributed by atoms with Crippen LogP contribution in [0.4, 0.5) is 19.7 Å². The van der Waals surface area contributed by atoms with Crippen molar-refractivity contribution in [2.75, 3.05) is 11.5 Å². The number of fused-ring (bicyclic) bond motifs is 1. The third-order valence-corrected chi connectivity index (χ3v) is 6.22. The zero-order chi connectivity index (χ0) is 24.0. The number of benzene rings is 1. The van der Waals surface area contributed by atoms with E-state index in [1.165, 1.54) is 17.8 Å². The summed E-state index contributed by atoms with van der Waals surface area (Å²) in [4.78, 5) is 38.5. The highest BCUT2D eigenvalue weighted by molar-refractivity contribution is 7.11. The van der Waals surface area contributed by atoms with Crippen LogP contribution in [-0.4, -0.2) is 24.7 Å². The Kier molecular flexibility index (Phi) is 8.46. The van der Waals surface area contributed by atoms with Crippen LogP contribution in [0.1, 0.15) is 55.9 Å². The second-order valence-corrected chi connectivity index (χ2v) is 8.77. The number of hydrogen-bond donors (Lipinski definition) is 1. The van der Waals surface area contributed by atoms with Crippen molar-refractivity contribution in [2.24, 2.45) is 5.73 Å². The minimum Gasteiger partial charge on any atom is -0.434 e. The number of nitrogens with zero attached hydrogens (tertiary/aromatic N) is 1. The molecule has 0 fully saturated rings. The van der Waals surface area contributed by atoms with E-state index in [1.54, 1.807) is 17.5 Å². The molecule has 1 aromatic carbocycles. The quantitative estimate of drug-likeness (QED) is 0.189. The van der Waals surface area contributed by atoms with E-state index >= 15 is 0 Å². The molecule has 33 heavy (non-hydrogen) atoms. The zero-order valence-corrected chi connectivity index (χ0v) is 19.6. The lowest BCUT2D eigenvalue weighted by Gasteiger charge is -2.12. The number of unbranched alkanes of at least 4 members (excludes halogenated alkanes) is 5. The van der Waals surface area contributed by atoms with Gasteiger partial charge in [-0.3, -0.25) is 4.79 Å². The maximum Gasteiger partial charge on any atom is 0.513 e. The smallest absolute Gasteiger partial charge is 0.434 e. The number of hydrogen-bond acceptors (Lipinski definition) is 6. The number of halogens is 2. The minimum atomic E-state index is -1.07. The van der Waals surface area contributed by atoms with Crippen molar-refractivity contribution >= 4 is 58.1 Å². The number of carbonyl (C=O) groups excluding carboxylic acids is 3. The summed E-state index contributed by atoms with van der Waals surface area (Å²) < 4.78 is 24.9. The van der Waals surface area contributed by atoms with Gasteiger partial charge in [-0.25, -0.2) is 18.9 Å². The van der Waals surface area contributed by atoms with Crippen molar-refractivity contribution in [1.82, 2.24) is 0 Å². The maximum absolute atomic E-state index is 14.3. The molecule has 1 aliphatic rings. The number of carbonyl (C=O) groups is 3. The second kappa shape index (κ2) is 11.3. The Bertz CT molecular complexity index is 1070. The van der Waals surface area contributed by atoms with Crippen LogP contribution in [0.15, 0.2) is 29.6 Å². The first-order chi connectivity index (χ1) is 15.8. The summed E-state index contributed by atoms with van der Waals surface area (Å²) in [6.07, 6.45) is 5.11. The van der Waals surface area contributed by atoms with E-state index in [4.69, 9.17) is 26.8 Å². The molecule has 1 aromatic heterocycles. The summed E-state index contributed by atoms with van der Waals surface area (Å²) in [6, 6.07) is 4.38. The van der Waals surface area contributed by atoms with Gasteiger partial charge in [0.1, 0.15) is 5.82 Å². The number of rotatable bonds is 9. The predicted molar refractivity (Wildman–Crippen MR) is 125 cm³/mol. The molecule has 1 aliphatic heterocycles. The van der Waals surface area contributed by atoms with Gasteiger partial charge >= 0.3 is 12.2 Å². The van der Waals surface area contributed by atoms with Gasteiger partial charge in [0.2, 0.25) is 0 Å². The number of urea groups is 1. The van der Waals surface area contributed by atoms with Crippen molar-refractivity contribution in [1.29, 1.82) is 0 Å². The highest BCUT2D eigenvalue weighted by Crippen LogP contribution is 2.44. The van der Waals surface area contributed by atoms with Crippen LogP contribution >= 0.6 is 22.9 Å². The van der Waals surface area contributed by atoms with Crippen molar-refractivity contribution in [3.05, 3.63) is 50.9 Å². The monoisotopic (exact) mass is 494 g/mol. The summed E-state index contributed by atoms with van der Waals surface area (Å²) in [7, 11) is 0. The van der Waals surface area contributed by atoms with Crippen LogP contribution in [0.25, 0.3) is 11.3 Å². The van der Waals surface area contributed by atoms with Gasteiger partial charge in [0.15, 0.2) is 5.76 Å². The molecule has 3 rings (SSSR count). The molecule has 2 N–H and O–H groups in total. The SMILES string of the molecule is CCCCCCCCOC(=O)O/C(=C1/C(=O)N(C(N)=O)c2cc(Cl)c(F)cc21)c1cccs1. The highest BCUT2D eigenvalue weighted by atomic mass is 35.5. The predicted octanol–water partition coefficient (Wildman–Crippen LogP) is 6.35. The number of ether oxygens (including phenoxy) is 2. The molecule has 0 aliphatic carbocycles. The van der Waals surface area contributed by atoms with Gasteiger partial charge in [-0.1, -0.05) is 56.7 Å². The van der Waals surface area contributed by atoms with Crippen molar-refractivity contribution in [3.63, 3.8) is 0 Å². The molecule has 0 spiro atoms. The van der Waals surface area contributed by atoms with Gasteiger partial charge in [-0.2, -0.15) is 0 Å². The molecular formula is C23H24ClFN2O5S. The summed E-state index contributed by atoms with van der Waals surface area (Å²) in [6.45, 7) is 2.30. The van der Waals surface area contributed by atoms with E-state index in [9.17, 15) is 18.8 Å². The Morgan fingerprint density at radius 1 is 1.18 bits per heavy atom. The Balaban J connectivity index is 1.87. The van der Waals surface area contributed by atoms with Gasteiger partial charge in [0, 0.05) is 5.56 Å². The number of imide groups is 1. The number of thiophene rings is 1. The van der Waals surface area contributed by atoms with Crippen LogP contribution in [0.2, 0.25) is 5.02 Å². The fourth-order valence-electron chi connectivity index (χ4n) is 3.48. The summed E-state index contributed by atoms with van der Waals surface area (Å²) in [5.41, 5.74) is 5.23. The van der Waals surface area contributed by atoms with Gasteiger partial charge in [0.25, 0.3) is 5.91 Å². The van der Waals surface area contributed by atoms with Gasteiger partial charge in [-0.05, 0) is 30.0 Å². The number of nitrogens with two attached hydrogens (primary N) is 1. The fraction of sp³-hybridized carbons (Fsp3) is 0.348. The van der Waals surface area contributed by atoms with Gasteiger partial charge < -0.3 is 15.2 Å². The normalized spacial score (nSPS) is 14.3. The van der Waals surface area contributed by atoms with Crippen molar-refractivity contribution < 1.29 is 28.2 Å². The van der Waals surface area contributed by atoms with E-state index in [1.807, 2.05) is 0 Å². The number of primary amides is 1. The van der Waals surface area contributed by atoms with Gasteiger partial charge in [0.05, 0.1) is 27.8 Å². The average molecular weight is 495 g/mol. The molecule has 10 heteroatoms.